The van der Waals surface area contributed by atoms with E-state index in [9.17, 15) is 4.79 Å². The number of carbonyl (C=O) groups excluding carboxylic acids is 1. The lowest BCUT2D eigenvalue weighted by Crippen LogP contribution is -2.60. The van der Waals surface area contributed by atoms with Crippen molar-refractivity contribution >= 4 is 16.9 Å². The van der Waals surface area contributed by atoms with E-state index in [1.54, 1.807) is 0 Å². The number of fused-ring (bicyclic) bond motifs is 5. The van der Waals surface area contributed by atoms with Gasteiger partial charge in [-0.25, -0.2) is 4.98 Å². The lowest BCUT2D eigenvalue weighted by atomic mass is 9.74. The fourth-order valence-electron chi connectivity index (χ4n) is 4.02. The summed E-state index contributed by atoms with van der Waals surface area (Å²) in [5, 5.41) is 3.04. The van der Waals surface area contributed by atoms with Gasteiger partial charge >= 0.3 is 0 Å². The van der Waals surface area contributed by atoms with Crippen LogP contribution >= 0.6 is 0 Å². The second kappa shape index (κ2) is 4.60. The highest BCUT2D eigenvalue weighted by Gasteiger charge is 2.50. The maximum atomic E-state index is 12.8. The number of piperidine rings is 1. The Balaban J connectivity index is 1.67. The van der Waals surface area contributed by atoms with Crippen LogP contribution < -0.4 is 10.1 Å². The number of hydrogen-bond donors (Lipinski definition) is 2. The van der Waals surface area contributed by atoms with Crippen molar-refractivity contribution in [3.05, 3.63) is 59.9 Å². The van der Waals surface area contributed by atoms with Crippen LogP contribution in [-0.2, 0) is 4.79 Å². The molecule has 1 saturated heterocycles. The molecule has 0 unspecified atom stereocenters. The summed E-state index contributed by atoms with van der Waals surface area (Å²) >= 11 is 0. The molecule has 2 aromatic carbocycles. The van der Waals surface area contributed by atoms with Crippen LogP contribution in [0.3, 0.4) is 0 Å². The van der Waals surface area contributed by atoms with E-state index < -0.39 is 5.72 Å². The summed E-state index contributed by atoms with van der Waals surface area (Å²) < 4.78 is 6.04. The summed E-state index contributed by atoms with van der Waals surface area (Å²) in [6.45, 7) is 1.93. The molecule has 0 aliphatic carbocycles. The Morgan fingerprint density at radius 2 is 1.96 bits per heavy atom. The Kier molecular flexibility index (Phi) is 2.61. The van der Waals surface area contributed by atoms with Crippen LogP contribution in [0.25, 0.3) is 11.0 Å². The van der Waals surface area contributed by atoms with Gasteiger partial charge in [0.2, 0.25) is 5.91 Å². The molecule has 24 heavy (non-hydrogen) atoms. The van der Waals surface area contributed by atoms with Crippen molar-refractivity contribution in [2.75, 3.05) is 0 Å². The number of ether oxygens (including phenoxy) is 1. The van der Waals surface area contributed by atoms with E-state index in [0.717, 1.165) is 34.6 Å². The number of carbonyl (C=O) groups is 1. The molecule has 2 bridgehead atoms. The summed E-state index contributed by atoms with van der Waals surface area (Å²) in [6, 6.07) is 15.8. The normalized spacial score (nSPS) is 28.1. The third-order valence-corrected chi connectivity index (χ3v) is 5.04. The van der Waals surface area contributed by atoms with Crippen molar-refractivity contribution in [1.82, 2.24) is 15.3 Å². The second-order valence-corrected chi connectivity index (χ2v) is 6.79. The standard InChI is InChI=1S/C19H17N3O2/c1-19-10-12(11-6-2-5-9-15(11)24-19)16(18(23)22-19)17-20-13-7-3-4-8-14(13)21-17/h2-9,12,16H,10H2,1H3,(H,20,21)(H,22,23)/t12-,16+,19-/m0/s1. The van der Waals surface area contributed by atoms with Crippen LogP contribution in [0.4, 0.5) is 0 Å². The summed E-state index contributed by atoms with van der Waals surface area (Å²) in [5.41, 5.74) is 2.26. The zero-order valence-electron chi connectivity index (χ0n) is 13.2. The number of nitrogens with zero attached hydrogens (tertiary/aromatic N) is 1. The van der Waals surface area contributed by atoms with Crippen molar-refractivity contribution < 1.29 is 9.53 Å². The Bertz CT molecular complexity index is 931. The SMILES string of the molecule is C[C@@]12C[C@@H](c3ccccc3O1)[C@H](c1nc3ccccc3[nH]1)C(=O)N2. The monoisotopic (exact) mass is 319 g/mol. The third-order valence-electron chi connectivity index (χ3n) is 5.04. The summed E-state index contributed by atoms with van der Waals surface area (Å²) in [7, 11) is 0. The quantitative estimate of drug-likeness (QED) is 0.724. The van der Waals surface area contributed by atoms with Gasteiger partial charge in [0.25, 0.3) is 0 Å². The molecule has 3 atom stereocenters. The average Bonchev–Trinajstić information content (AvgIpc) is 2.97. The van der Waals surface area contributed by atoms with Gasteiger partial charge in [-0.1, -0.05) is 30.3 Å². The van der Waals surface area contributed by atoms with E-state index in [0.29, 0.717) is 0 Å². The summed E-state index contributed by atoms with van der Waals surface area (Å²) in [6.07, 6.45) is 0.734. The van der Waals surface area contributed by atoms with Gasteiger partial charge in [0.05, 0.1) is 11.0 Å². The fourth-order valence-corrected chi connectivity index (χ4v) is 4.02. The van der Waals surface area contributed by atoms with Gasteiger partial charge in [0.1, 0.15) is 17.5 Å². The van der Waals surface area contributed by atoms with Crippen LogP contribution in [0.15, 0.2) is 48.5 Å². The molecular formula is C19H17N3O2. The number of aromatic nitrogens is 2. The number of aromatic amines is 1. The highest BCUT2D eigenvalue weighted by Crippen LogP contribution is 2.49. The Hall–Kier alpha value is -2.82. The molecule has 120 valence electrons. The molecule has 2 aliphatic heterocycles. The van der Waals surface area contributed by atoms with E-state index in [1.807, 2.05) is 55.5 Å². The van der Waals surface area contributed by atoms with Crippen molar-refractivity contribution in [3.8, 4) is 5.75 Å². The molecule has 2 aliphatic rings. The lowest BCUT2D eigenvalue weighted by molar-refractivity contribution is -0.135. The Morgan fingerprint density at radius 1 is 1.17 bits per heavy atom. The molecule has 3 aromatic rings. The molecule has 5 heteroatoms. The highest BCUT2D eigenvalue weighted by molar-refractivity contribution is 5.87. The lowest BCUT2D eigenvalue weighted by Gasteiger charge is -2.46. The summed E-state index contributed by atoms with van der Waals surface area (Å²) in [4.78, 5) is 20.9. The van der Waals surface area contributed by atoms with E-state index in [1.165, 1.54) is 0 Å². The van der Waals surface area contributed by atoms with Crippen LogP contribution in [0.1, 0.15) is 36.6 Å². The molecule has 0 radical (unpaired) electrons. The molecule has 5 nitrogen and oxygen atoms in total. The number of rotatable bonds is 1. The van der Waals surface area contributed by atoms with E-state index in [-0.39, 0.29) is 17.7 Å². The van der Waals surface area contributed by atoms with E-state index in [4.69, 9.17) is 4.74 Å². The van der Waals surface area contributed by atoms with Gasteiger partial charge in [0.15, 0.2) is 5.72 Å². The molecule has 3 heterocycles. The van der Waals surface area contributed by atoms with Gasteiger partial charge in [-0.3, -0.25) is 4.79 Å². The minimum atomic E-state index is -0.654. The molecule has 0 saturated carbocycles. The molecule has 1 aromatic heterocycles. The van der Waals surface area contributed by atoms with Crippen LogP contribution in [0.5, 0.6) is 5.75 Å². The minimum absolute atomic E-state index is 0.0395. The van der Waals surface area contributed by atoms with E-state index in [2.05, 4.69) is 15.3 Å². The zero-order chi connectivity index (χ0) is 16.3. The predicted octanol–water partition coefficient (Wildman–Crippen LogP) is 3.06. The molecular weight excluding hydrogens is 302 g/mol. The number of amides is 1. The maximum absolute atomic E-state index is 12.8. The molecule has 0 spiro atoms. The number of H-pyrrole nitrogens is 1. The molecule has 5 rings (SSSR count). The first-order valence-corrected chi connectivity index (χ1v) is 8.18. The van der Waals surface area contributed by atoms with Crippen LogP contribution in [0, 0.1) is 0 Å². The number of imidazole rings is 1. The molecule has 2 N–H and O–H groups in total. The number of hydrogen-bond acceptors (Lipinski definition) is 3. The largest absolute Gasteiger partial charge is 0.468 e. The minimum Gasteiger partial charge on any atom is -0.468 e. The van der Waals surface area contributed by atoms with Gasteiger partial charge in [0, 0.05) is 12.3 Å². The van der Waals surface area contributed by atoms with Crippen molar-refractivity contribution in [2.45, 2.75) is 30.9 Å². The topological polar surface area (TPSA) is 67.0 Å². The second-order valence-electron chi connectivity index (χ2n) is 6.79. The Labute approximate surface area is 139 Å². The maximum Gasteiger partial charge on any atom is 0.234 e. The smallest absolute Gasteiger partial charge is 0.234 e. The first-order chi connectivity index (χ1) is 11.6. The van der Waals surface area contributed by atoms with Crippen molar-refractivity contribution in [3.63, 3.8) is 0 Å². The Morgan fingerprint density at radius 3 is 2.83 bits per heavy atom. The van der Waals surface area contributed by atoms with E-state index >= 15 is 0 Å². The van der Waals surface area contributed by atoms with Crippen LogP contribution in [0.2, 0.25) is 0 Å². The predicted molar refractivity (Wildman–Crippen MR) is 89.8 cm³/mol. The van der Waals surface area contributed by atoms with Gasteiger partial charge in [-0.15, -0.1) is 0 Å². The van der Waals surface area contributed by atoms with Gasteiger partial charge in [-0.05, 0) is 30.7 Å². The zero-order valence-corrected chi connectivity index (χ0v) is 13.2. The number of para-hydroxylation sites is 3. The van der Waals surface area contributed by atoms with Crippen LogP contribution in [-0.4, -0.2) is 21.6 Å². The summed E-state index contributed by atoms with van der Waals surface area (Å²) in [5.74, 6) is 1.24. The third kappa shape index (κ3) is 1.87. The van der Waals surface area contributed by atoms with Gasteiger partial charge in [-0.2, -0.15) is 0 Å². The average molecular weight is 319 g/mol. The van der Waals surface area contributed by atoms with Crippen molar-refractivity contribution in [1.29, 1.82) is 0 Å². The first kappa shape index (κ1) is 13.6. The highest BCUT2D eigenvalue weighted by atomic mass is 16.5. The molecule has 1 fully saturated rings. The first-order valence-electron chi connectivity index (χ1n) is 8.18. The number of benzene rings is 2. The van der Waals surface area contributed by atoms with Crippen molar-refractivity contribution in [2.24, 2.45) is 0 Å². The molecule has 1 amide bonds. The number of nitrogens with one attached hydrogen (secondary N) is 2. The fraction of sp³-hybridized carbons (Fsp3) is 0.263. The van der Waals surface area contributed by atoms with Gasteiger partial charge < -0.3 is 15.0 Å².